The summed E-state index contributed by atoms with van der Waals surface area (Å²) >= 11 is 0. The van der Waals surface area contributed by atoms with Crippen LogP contribution in [0.4, 0.5) is 0 Å². The van der Waals surface area contributed by atoms with Crippen LogP contribution < -0.4 is 10.1 Å². The molecule has 0 radical (unpaired) electrons. The van der Waals surface area contributed by atoms with E-state index in [9.17, 15) is 4.79 Å². The number of Topliss-reactive ketones (excluding diaryl/α,β-unsaturated/α-hetero) is 1. The van der Waals surface area contributed by atoms with Crippen LogP contribution in [0.25, 0.3) is 0 Å². The summed E-state index contributed by atoms with van der Waals surface area (Å²) in [6.45, 7) is 3.77. The molecule has 1 aliphatic heterocycles. The van der Waals surface area contributed by atoms with Crippen molar-refractivity contribution >= 4 is 5.78 Å². The maximum Gasteiger partial charge on any atom is 0.215 e. The minimum absolute atomic E-state index is 0.144. The molecule has 0 spiro atoms. The number of methoxy groups -OCH3 is 1. The lowest BCUT2D eigenvalue weighted by Gasteiger charge is -2.21. The third-order valence-electron chi connectivity index (χ3n) is 3.22. The van der Waals surface area contributed by atoms with E-state index in [2.05, 4.69) is 10.3 Å². The van der Waals surface area contributed by atoms with Gasteiger partial charge in [-0.15, -0.1) is 0 Å². The second-order valence-electron chi connectivity index (χ2n) is 4.44. The number of hydrogen-bond donors (Lipinski definition) is 1. The van der Waals surface area contributed by atoms with Crippen molar-refractivity contribution in [3.8, 4) is 5.88 Å². The van der Waals surface area contributed by atoms with E-state index in [-0.39, 0.29) is 11.7 Å². The lowest BCUT2D eigenvalue weighted by atomic mass is 9.90. The van der Waals surface area contributed by atoms with Crippen molar-refractivity contribution in [3.05, 3.63) is 23.4 Å². The van der Waals surface area contributed by atoms with E-state index in [0.29, 0.717) is 11.4 Å². The number of hydrogen-bond acceptors (Lipinski definition) is 4. The molecule has 1 N–H and O–H groups in total. The van der Waals surface area contributed by atoms with Crippen molar-refractivity contribution < 1.29 is 9.53 Å². The number of pyridine rings is 1. The largest absolute Gasteiger partial charge is 0.481 e. The Balaban J connectivity index is 2.16. The standard InChI is InChI=1S/C13H18N2O2/c1-9-7-11(8-15-13(9)17-2)12(16)10-3-5-14-6-4-10/h7-8,10,14H,3-6H2,1-2H3. The van der Waals surface area contributed by atoms with Crippen molar-refractivity contribution in [1.82, 2.24) is 10.3 Å². The molecule has 1 aromatic heterocycles. The molecule has 0 amide bonds. The molecule has 2 rings (SSSR count). The highest BCUT2D eigenvalue weighted by molar-refractivity contribution is 5.97. The van der Waals surface area contributed by atoms with E-state index in [1.807, 2.05) is 13.0 Å². The summed E-state index contributed by atoms with van der Waals surface area (Å²) in [5.41, 5.74) is 1.61. The molecule has 92 valence electrons. The Morgan fingerprint density at radius 2 is 2.18 bits per heavy atom. The third-order valence-corrected chi connectivity index (χ3v) is 3.22. The van der Waals surface area contributed by atoms with Crippen LogP contribution >= 0.6 is 0 Å². The van der Waals surface area contributed by atoms with Gasteiger partial charge in [-0.25, -0.2) is 4.98 Å². The van der Waals surface area contributed by atoms with Crippen LogP contribution in [0, 0.1) is 12.8 Å². The minimum atomic E-state index is 0.144. The lowest BCUT2D eigenvalue weighted by Crippen LogP contribution is -2.31. The number of nitrogens with zero attached hydrogens (tertiary/aromatic N) is 1. The molecule has 1 fully saturated rings. The highest BCUT2D eigenvalue weighted by Gasteiger charge is 2.22. The van der Waals surface area contributed by atoms with Gasteiger partial charge in [-0.2, -0.15) is 0 Å². The zero-order valence-corrected chi connectivity index (χ0v) is 10.3. The fourth-order valence-corrected chi connectivity index (χ4v) is 2.23. The average molecular weight is 234 g/mol. The van der Waals surface area contributed by atoms with Gasteiger partial charge in [-0.1, -0.05) is 0 Å². The topological polar surface area (TPSA) is 51.2 Å². The van der Waals surface area contributed by atoms with E-state index in [0.717, 1.165) is 31.5 Å². The minimum Gasteiger partial charge on any atom is -0.481 e. The Bertz CT molecular complexity index is 412. The van der Waals surface area contributed by atoms with Crippen LogP contribution in [0.3, 0.4) is 0 Å². The molecule has 1 saturated heterocycles. The number of aryl methyl sites for hydroxylation is 1. The first-order chi connectivity index (χ1) is 8.22. The number of piperidine rings is 1. The molecule has 1 aromatic rings. The number of carbonyl (C=O) groups is 1. The first kappa shape index (κ1) is 12.0. The van der Waals surface area contributed by atoms with Gasteiger partial charge in [0.1, 0.15) is 0 Å². The van der Waals surface area contributed by atoms with E-state index < -0.39 is 0 Å². The normalized spacial score (nSPS) is 16.8. The van der Waals surface area contributed by atoms with Gasteiger partial charge in [0.15, 0.2) is 5.78 Å². The molecular weight excluding hydrogens is 216 g/mol. The summed E-state index contributed by atoms with van der Waals surface area (Å²) in [5.74, 6) is 0.947. The first-order valence-electron chi connectivity index (χ1n) is 5.98. The average Bonchev–Trinajstić information content (AvgIpc) is 2.39. The summed E-state index contributed by atoms with van der Waals surface area (Å²) in [6, 6.07) is 1.87. The monoisotopic (exact) mass is 234 g/mol. The summed E-state index contributed by atoms with van der Waals surface area (Å²) in [6.07, 6.45) is 3.46. The number of rotatable bonds is 3. The highest BCUT2D eigenvalue weighted by Crippen LogP contribution is 2.21. The Kier molecular flexibility index (Phi) is 3.74. The SMILES string of the molecule is COc1ncc(C(=O)C2CCNCC2)cc1C. The fraction of sp³-hybridized carbons (Fsp3) is 0.538. The Morgan fingerprint density at radius 1 is 1.47 bits per heavy atom. The molecule has 2 heterocycles. The third kappa shape index (κ3) is 2.64. The van der Waals surface area contributed by atoms with Crippen LogP contribution in [-0.4, -0.2) is 31.0 Å². The van der Waals surface area contributed by atoms with Gasteiger partial charge in [-0.3, -0.25) is 4.79 Å². The lowest BCUT2D eigenvalue weighted by molar-refractivity contribution is 0.0894. The van der Waals surface area contributed by atoms with Gasteiger partial charge in [0.2, 0.25) is 5.88 Å². The Hall–Kier alpha value is -1.42. The molecule has 4 nitrogen and oxygen atoms in total. The predicted molar refractivity (Wildman–Crippen MR) is 65.5 cm³/mol. The number of carbonyl (C=O) groups excluding carboxylic acids is 1. The number of aromatic nitrogens is 1. The number of ketones is 1. The van der Waals surface area contributed by atoms with Gasteiger partial charge in [0, 0.05) is 23.2 Å². The maximum absolute atomic E-state index is 12.2. The van der Waals surface area contributed by atoms with Crippen LogP contribution in [-0.2, 0) is 0 Å². The fourth-order valence-electron chi connectivity index (χ4n) is 2.23. The van der Waals surface area contributed by atoms with Crippen molar-refractivity contribution in [3.63, 3.8) is 0 Å². The zero-order valence-electron chi connectivity index (χ0n) is 10.3. The molecule has 0 unspecified atom stereocenters. The summed E-state index contributed by atoms with van der Waals surface area (Å²) < 4.78 is 5.09. The Labute approximate surface area is 101 Å². The summed E-state index contributed by atoms with van der Waals surface area (Å²) in [5, 5.41) is 3.26. The molecule has 17 heavy (non-hydrogen) atoms. The Morgan fingerprint density at radius 3 is 2.76 bits per heavy atom. The molecule has 0 atom stereocenters. The van der Waals surface area contributed by atoms with Gasteiger partial charge in [0.05, 0.1) is 7.11 Å². The van der Waals surface area contributed by atoms with Crippen molar-refractivity contribution in [2.45, 2.75) is 19.8 Å². The number of nitrogens with one attached hydrogen (secondary N) is 1. The molecule has 0 aliphatic carbocycles. The maximum atomic E-state index is 12.2. The van der Waals surface area contributed by atoms with E-state index in [1.165, 1.54) is 0 Å². The highest BCUT2D eigenvalue weighted by atomic mass is 16.5. The van der Waals surface area contributed by atoms with Gasteiger partial charge >= 0.3 is 0 Å². The van der Waals surface area contributed by atoms with E-state index in [4.69, 9.17) is 4.74 Å². The van der Waals surface area contributed by atoms with Crippen LogP contribution in [0.5, 0.6) is 5.88 Å². The zero-order chi connectivity index (χ0) is 12.3. The second kappa shape index (κ2) is 5.27. The molecule has 0 saturated carbocycles. The van der Waals surface area contributed by atoms with Crippen molar-refractivity contribution in [2.24, 2.45) is 5.92 Å². The number of ether oxygens (including phenoxy) is 1. The molecular formula is C13H18N2O2. The van der Waals surface area contributed by atoms with E-state index >= 15 is 0 Å². The van der Waals surface area contributed by atoms with Crippen molar-refractivity contribution in [2.75, 3.05) is 20.2 Å². The predicted octanol–water partition coefficient (Wildman–Crippen LogP) is 1.58. The quantitative estimate of drug-likeness (QED) is 0.807. The van der Waals surface area contributed by atoms with Gasteiger partial charge < -0.3 is 10.1 Å². The molecule has 1 aliphatic rings. The van der Waals surface area contributed by atoms with E-state index in [1.54, 1.807) is 13.3 Å². The van der Waals surface area contributed by atoms with Crippen LogP contribution in [0.1, 0.15) is 28.8 Å². The van der Waals surface area contributed by atoms with Gasteiger partial charge in [0.25, 0.3) is 0 Å². The molecule has 0 aromatic carbocycles. The van der Waals surface area contributed by atoms with Crippen LogP contribution in [0.2, 0.25) is 0 Å². The summed E-state index contributed by atoms with van der Waals surface area (Å²) in [4.78, 5) is 16.4. The smallest absolute Gasteiger partial charge is 0.215 e. The van der Waals surface area contributed by atoms with Crippen LogP contribution in [0.15, 0.2) is 12.3 Å². The molecule has 4 heteroatoms. The summed E-state index contributed by atoms with van der Waals surface area (Å²) in [7, 11) is 1.59. The van der Waals surface area contributed by atoms with Crippen molar-refractivity contribution in [1.29, 1.82) is 0 Å². The first-order valence-corrected chi connectivity index (χ1v) is 5.98. The van der Waals surface area contributed by atoms with Gasteiger partial charge in [-0.05, 0) is 38.9 Å². The second-order valence-corrected chi connectivity index (χ2v) is 4.44. The molecule has 0 bridgehead atoms.